The number of carbonyl (C=O) groups is 4. The fourth-order valence-corrected chi connectivity index (χ4v) is 7.08. The molecule has 3 aliphatic rings. The number of amides is 3. The molecule has 2 aliphatic heterocycles. The number of aliphatic carboxylic acids is 1. The predicted molar refractivity (Wildman–Crippen MR) is 189 cm³/mol. The molecule has 2 aromatic carbocycles. The van der Waals surface area contributed by atoms with E-state index in [1.54, 1.807) is 27.9 Å². The lowest BCUT2D eigenvalue weighted by Gasteiger charge is -2.30. The minimum absolute atomic E-state index is 0.0288. The number of nitrogens with one attached hydrogen (secondary N) is 3. The second kappa shape index (κ2) is 14.7. The van der Waals surface area contributed by atoms with Gasteiger partial charge in [0.1, 0.15) is 40.8 Å². The SMILES string of the molecule is COc1ccc2c(O[C@@H]3C[C@H]4C(=O)N[C@]5(C(=O)O)CC5CCCCNCC[C@H](NC(=O)OC(C)(C)C)C(=O)N4C3)cc(-c3ccccc3)nc2c1. The molecule has 3 heterocycles. The molecule has 3 aromatic rings. The average molecular weight is 702 g/mol. The Morgan fingerprint density at radius 3 is 2.55 bits per heavy atom. The second-order valence-electron chi connectivity index (χ2n) is 14.6. The number of methoxy groups -OCH3 is 1. The largest absolute Gasteiger partial charge is 0.497 e. The van der Waals surface area contributed by atoms with Gasteiger partial charge in [0.2, 0.25) is 11.8 Å². The van der Waals surface area contributed by atoms with Crippen LogP contribution in [-0.2, 0) is 19.1 Å². The molecule has 3 amide bonds. The molecule has 6 rings (SSSR count). The van der Waals surface area contributed by atoms with E-state index in [4.69, 9.17) is 19.2 Å². The van der Waals surface area contributed by atoms with E-state index in [2.05, 4.69) is 16.0 Å². The Kier molecular flexibility index (Phi) is 10.4. The third-order valence-corrected chi connectivity index (χ3v) is 9.78. The number of nitrogens with zero attached hydrogens (tertiary/aromatic N) is 2. The van der Waals surface area contributed by atoms with Gasteiger partial charge in [0.15, 0.2) is 0 Å². The Morgan fingerprint density at radius 1 is 1.04 bits per heavy atom. The van der Waals surface area contributed by atoms with Crippen LogP contribution in [0, 0.1) is 5.92 Å². The highest BCUT2D eigenvalue weighted by Crippen LogP contribution is 2.47. The number of carboxylic acid groups (broad SMARTS) is 1. The molecule has 1 aliphatic carbocycles. The van der Waals surface area contributed by atoms with Gasteiger partial charge in [0.25, 0.3) is 0 Å². The quantitative estimate of drug-likeness (QED) is 0.291. The number of carbonyl (C=O) groups excluding carboxylic acids is 3. The summed E-state index contributed by atoms with van der Waals surface area (Å²) in [7, 11) is 1.58. The number of ether oxygens (including phenoxy) is 3. The van der Waals surface area contributed by atoms with E-state index in [1.165, 1.54) is 4.90 Å². The summed E-state index contributed by atoms with van der Waals surface area (Å²) in [5.74, 6) is -1.17. The minimum atomic E-state index is -1.38. The lowest BCUT2D eigenvalue weighted by atomic mass is 10.1. The van der Waals surface area contributed by atoms with Gasteiger partial charge in [-0.3, -0.25) is 9.59 Å². The van der Waals surface area contributed by atoms with Crippen molar-refractivity contribution in [1.82, 2.24) is 25.8 Å². The topological polar surface area (TPSA) is 168 Å². The second-order valence-corrected chi connectivity index (χ2v) is 14.6. The zero-order valence-corrected chi connectivity index (χ0v) is 29.6. The van der Waals surface area contributed by atoms with E-state index >= 15 is 0 Å². The van der Waals surface area contributed by atoms with Crippen LogP contribution in [0.2, 0.25) is 0 Å². The van der Waals surface area contributed by atoms with Gasteiger partial charge in [-0.1, -0.05) is 36.8 Å². The molecule has 13 nitrogen and oxygen atoms in total. The fraction of sp³-hybridized carbons (Fsp3) is 0.500. The Labute approximate surface area is 297 Å². The molecule has 1 unspecified atom stereocenters. The molecule has 0 bridgehead atoms. The van der Waals surface area contributed by atoms with Gasteiger partial charge in [-0.05, 0) is 77.6 Å². The van der Waals surface area contributed by atoms with Crippen molar-refractivity contribution < 1.29 is 38.5 Å². The standard InChI is InChI=1S/C38H47N5O8/c1-37(2,3)51-36(48)41-28-15-17-39-16-9-8-12-24-21-38(24,35(46)47)42-33(44)31-19-26(22-43(31)34(28)45)50-32-20-29(23-10-6-5-7-11-23)40-30-18-25(49-4)13-14-27(30)32/h5-7,10-11,13-14,18,20,24,26,28,31,39H,8-9,12,15-17,19,21-22H2,1-4H3,(H,41,48)(H,42,44)(H,46,47)/t24?,26-,28+,31+,38-/m1/s1. The van der Waals surface area contributed by atoms with Gasteiger partial charge in [-0.25, -0.2) is 14.6 Å². The van der Waals surface area contributed by atoms with Crippen LogP contribution in [0.25, 0.3) is 22.2 Å². The summed E-state index contributed by atoms with van der Waals surface area (Å²) >= 11 is 0. The summed E-state index contributed by atoms with van der Waals surface area (Å²) in [4.78, 5) is 60.2. The highest BCUT2D eigenvalue weighted by atomic mass is 16.6. The summed E-state index contributed by atoms with van der Waals surface area (Å²) in [5, 5.41) is 19.9. The van der Waals surface area contributed by atoms with Crippen molar-refractivity contribution >= 4 is 34.8 Å². The molecule has 0 radical (unpaired) electrons. The number of aromatic nitrogens is 1. The minimum Gasteiger partial charge on any atom is -0.497 e. The Morgan fingerprint density at radius 2 is 1.82 bits per heavy atom. The number of carboxylic acids is 1. The number of hydrogen-bond donors (Lipinski definition) is 4. The molecule has 5 atom stereocenters. The number of pyridine rings is 1. The van der Waals surface area contributed by atoms with Gasteiger partial charge in [-0.15, -0.1) is 0 Å². The highest BCUT2D eigenvalue weighted by Gasteiger charge is 2.62. The molecular formula is C38H47N5O8. The van der Waals surface area contributed by atoms with Crippen molar-refractivity contribution in [2.45, 2.75) is 88.6 Å². The van der Waals surface area contributed by atoms with E-state index in [9.17, 15) is 24.3 Å². The summed E-state index contributed by atoms with van der Waals surface area (Å²) in [5.41, 5.74) is 0.0258. The summed E-state index contributed by atoms with van der Waals surface area (Å²) in [6.07, 6.45) is 1.58. The van der Waals surface area contributed by atoms with Crippen molar-refractivity contribution in [3.8, 4) is 22.8 Å². The first-order chi connectivity index (χ1) is 24.4. The van der Waals surface area contributed by atoms with Crippen molar-refractivity contribution in [2.24, 2.45) is 5.92 Å². The van der Waals surface area contributed by atoms with Crippen LogP contribution in [0.3, 0.4) is 0 Å². The maximum Gasteiger partial charge on any atom is 0.408 e. The zero-order valence-electron chi connectivity index (χ0n) is 29.6. The van der Waals surface area contributed by atoms with Crippen LogP contribution in [0.5, 0.6) is 11.5 Å². The molecule has 4 N–H and O–H groups in total. The van der Waals surface area contributed by atoms with Gasteiger partial charge >= 0.3 is 12.1 Å². The molecule has 13 heteroatoms. The summed E-state index contributed by atoms with van der Waals surface area (Å²) in [6.45, 7) is 6.35. The molecular weight excluding hydrogens is 654 g/mol. The van der Waals surface area contributed by atoms with E-state index in [0.717, 1.165) is 23.8 Å². The van der Waals surface area contributed by atoms with Crippen molar-refractivity contribution in [1.29, 1.82) is 0 Å². The first kappa shape index (κ1) is 35.9. The third kappa shape index (κ3) is 8.19. The van der Waals surface area contributed by atoms with Crippen LogP contribution >= 0.6 is 0 Å². The fourth-order valence-electron chi connectivity index (χ4n) is 7.08. The number of fused-ring (bicyclic) bond motifs is 3. The monoisotopic (exact) mass is 701 g/mol. The molecule has 2 saturated heterocycles. The Bertz CT molecular complexity index is 1780. The lowest BCUT2D eigenvalue weighted by molar-refractivity contribution is -0.146. The van der Waals surface area contributed by atoms with Crippen LogP contribution in [-0.4, -0.2) is 94.9 Å². The number of benzene rings is 2. The molecule has 1 saturated carbocycles. The Balaban J connectivity index is 1.34. The average Bonchev–Trinajstić information content (AvgIpc) is 3.63. The van der Waals surface area contributed by atoms with Gasteiger partial charge in [0.05, 0.1) is 24.9 Å². The normalized spacial score (nSPS) is 25.8. The first-order valence-corrected chi connectivity index (χ1v) is 17.6. The third-order valence-electron chi connectivity index (χ3n) is 9.78. The van der Waals surface area contributed by atoms with E-state index in [0.29, 0.717) is 48.6 Å². The van der Waals surface area contributed by atoms with Gasteiger partial charge in [0, 0.05) is 29.5 Å². The molecule has 1 aromatic heterocycles. The summed E-state index contributed by atoms with van der Waals surface area (Å²) in [6, 6.07) is 14.9. The molecule has 3 fully saturated rings. The van der Waals surface area contributed by atoms with E-state index in [-0.39, 0.29) is 25.3 Å². The van der Waals surface area contributed by atoms with Crippen LogP contribution in [0.15, 0.2) is 54.6 Å². The number of hydrogen-bond acceptors (Lipinski definition) is 9. The van der Waals surface area contributed by atoms with Crippen molar-refractivity contribution in [2.75, 3.05) is 26.7 Å². The zero-order chi connectivity index (χ0) is 36.3. The highest BCUT2D eigenvalue weighted by molar-refractivity contribution is 5.96. The predicted octanol–water partition coefficient (Wildman–Crippen LogP) is 4.28. The lowest BCUT2D eigenvalue weighted by Crippen LogP contribution is -2.57. The van der Waals surface area contributed by atoms with Crippen LogP contribution < -0.4 is 25.4 Å². The maximum atomic E-state index is 14.4. The van der Waals surface area contributed by atoms with Crippen molar-refractivity contribution in [3.63, 3.8) is 0 Å². The van der Waals surface area contributed by atoms with E-state index in [1.807, 2.05) is 54.6 Å². The van der Waals surface area contributed by atoms with Crippen LogP contribution in [0.1, 0.15) is 59.3 Å². The summed E-state index contributed by atoms with van der Waals surface area (Å²) < 4.78 is 17.6. The smallest absolute Gasteiger partial charge is 0.408 e. The molecule has 0 spiro atoms. The van der Waals surface area contributed by atoms with Crippen LogP contribution in [0.4, 0.5) is 4.79 Å². The van der Waals surface area contributed by atoms with Gasteiger partial charge < -0.3 is 40.2 Å². The number of alkyl carbamates (subject to hydrolysis) is 1. The van der Waals surface area contributed by atoms with Gasteiger partial charge in [-0.2, -0.15) is 0 Å². The van der Waals surface area contributed by atoms with Crippen molar-refractivity contribution in [3.05, 3.63) is 54.6 Å². The molecule has 51 heavy (non-hydrogen) atoms. The molecule has 272 valence electrons. The first-order valence-electron chi connectivity index (χ1n) is 17.6. The maximum absolute atomic E-state index is 14.4. The Hall–Kier alpha value is -4.91. The number of rotatable bonds is 6. The van der Waals surface area contributed by atoms with E-state index < -0.39 is 53.2 Å².